The lowest BCUT2D eigenvalue weighted by Gasteiger charge is -2.26. The second-order valence-corrected chi connectivity index (χ2v) is 4.40. The van der Waals surface area contributed by atoms with Crippen LogP contribution in [0.3, 0.4) is 0 Å². The van der Waals surface area contributed by atoms with Gasteiger partial charge in [-0.2, -0.15) is 0 Å². The topological polar surface area (TPSA) is 54.5 Å². The van der Waals surface area contributed by atoms with E-state index >= 15 is 0 Å². The van der Waals surface area contributed by atoms with Gasteiger partial charge >= 0.3 is 0 Å². The Morgan fingerprint density at radius 1 is 1.50 bits per heavy atom. The maximum atomic E-state index is 11.9. The average Bonchev–Trinajstić information content (AvgIpc) is 2.40. The zero-order chi connectivity index (χ0) is 12.8. The predicted molar refractivity (Wildman–Crippen MR) is 68.6 cm³/mol. The number of hydrogen-bond donors (Lipinski definition) is 1. The molecular formula is C13H19N3O2. The van der Waals surface area contributed by atoms with E-state index in [1.165, 1.54) is 0 Å². The molecule has 1 aromatic rings. The van der Waals surface area contributed by atoms with Crippen molar-refractivity contribution >= 4 is 5.91 Å². The maximum absolute atomic E-state index is 11.9. The molecule has 0 aromatic carbocycles. The summed E-state index contributed by atoms with van der Waals surface area (Å²) in [6.45, 7) is 6.91. The average molecular weight is 249 g/mol. The highest BCUT2D eigenvalue weighted by molar-refractivity contribution is 5.95. The summed E-state index contributed by atoms with van der Waals surface area (Å²) in [5, 5.41) is 2.94. The summed E-state index contributed by atoms with van der Waals surface area (Å²) in [5.41, 5.74) is 1.60. The molecule has 0 spiro atoms. The zero-order valence-electron chi connectivity index (χ0n) is 10.7. The van der Waals surface area contributed by atoms with Crippen molar-refractivity contribution in [2.75, 3.05) is 39.4 Å². The highest BCUT2D eigenvalue weighted by Gasteiger charge is 2.11. The van der Waals surface area contributed by atoms with Gasteiger partial charge < -0.3 is 10.1 Å². The molecule has 98 valence electrons. The second-order valence-electron chi connectivity index (χ2n) is 4.40. The number of carbonyl (C=O) groups is 1. The molecule has 1 amide bonds. The molecule has 0 bridgehead atoms. The first-order chi connectivity index (χ1) is 8.77. The number of aromatic nitrogens is 1. The second kappa shape index (κ2) is 6.47. The SMILES string of the molecule is Cc1cnccc1C(=O)NCCN1CCOCC1. The molecule has 1 aliphatic rings. The van der Waals surface area contributed by atoms with Crippen molar-refractivity contribution in [1.82, 2.24) is 15.2 Å². The van der Waals surface area contributed by atoms with Crippen molar-refractivity contribution in [1.29, 1.82) is 0 Å². The first kappa shape index (κ1) is 13.0. The Morgan fingerprint density at radius 3 is 3.00 bits per heavy atom. The van der Waals surface area contributed by atoms with E-state index in [0.717, 1.165) is 38.4 Å². The summed E-state index contributed by atoms with van der Waals surface area (Å²) in [7, 11) is 0. The van der Waals surface area contributed by atoms with Gasteiger partial charge in [-0.05, 0) is 18.6 Å². The van der Waals surface area contributed by atoms with Gasteiger partial charge in [0.05, 0.1) is 13.2 Å². The van der Waals surface area contributed by atoms with E-state index in [2.05, 4.69) is 15.2 Å². The van der Waals surface area contributed by atoms with Crippen LogP contribution in [0.25, 0.3) is 0 Å². The zero-order valence-corrected chi connectivity index (χ0v) is 10.7. The van der Waals surface area contributed by atoms with Crippen LogP contribution in [0.2, 0.25) is 0 Å². The van der Waals surface area contributed by atoms with Gasteiger partial charge in [-0.15, -0.1) is 0 Å². The molecular weight excluding hydrogens is 230 g/mol. The Morgan fingerprint density at radius 2 is 2.28 bits per heavy atom. The van der Waals surface area contributed by atoms with Crippen LogP contribution in [0.4, 0.5) is 0 Å². The van der Waals surface area contributed by atoms with E-state index in [4.69, 9.17) is 4.74 Å². The molecule has 18 heavy (non-hydrogen) atoms. The molecule has 1 aromatic heterocycles. The van der Waals surface area contributed by atoms with Crippen LogP contribution in [0.15, 0.2) is 18.5 Å². The third kappa shape index (κ3) is 3.51. The molecule has 1 aliphatic heterocycles. The number of nitrogens with zero attached hydrogens (tertiary/aromatic N) is 2. The van der Waals surface area contributed by atoms with Crippen LogP contribution < -0.4 is 5.32 Å². The standard InChI is InChI=1S/C13H19N3O2/c1-11-10-14-3-2-12(11)13(17)15-4-5-16-6-8-18-9-7-16/h2-3,10H,4-9H2,1H3,(H,15,17). The minimum absolute atomic E-state index is 0.0249. The van der Waals surface area contributed by atoms with Crippen molar-refractivity contribution < 1.29 is 9.53 Å². The van der Waals surface area contributed by atoms with Crippen molar-refractivity contribution in [3.8, 4) is 0 Å². The van der Waals surface area contributed by atoms with Crippen LogP contribution in [0.1, 0.15) is 15.9 Å². The number of amides is 1. The Hall–Kier alpha value is -1.46. The Balaban J connectivity index is 1.76. The van der Waals surface area contributed by atoms with Gasteiger partial charge in [0.2, 0.25) is 0 Å². The molecule has 5 heteroatoms. The van der Waals surface area contributed by atoms with Crippen molar-refractivity contribution in [3.63, 3.8) is 0 Å². The van der Waals surface area contributed by atoms with E-state index < -0.39 is 0 Å². The maximum Gasteiger partial charge on any atom is 0.251 e. The van der Waals surface area contributed by atoms with Crippen molar-refractivity contribution in [2.24, 2.45) is 0 Å². The number of morpholine rings is 1. The largest absolute Gasteiger partial charge is 0.379 e. The van der Waals surface area contributed by atoms with Gasteiger partial charge in [-0.25, -0.2) is 0 Å². The van der Waals surface area contributed by atoms with E-state index in [9.17, 15) is 4.79 Å². The number of hydrogen-bond acceptors (Lipinski definition) is 4. The summed E-state index contributed by atoms with van der Waals surface area (Å²) in [6.07, 6.45) is 3.35. The molecule has 5 nitrogen and oxygen atoms in total. The van der Waals surface area contributed by atoms with Crippen LogP contribution in [-0.2, 0) is 4.74 Å². The van der Waals surface area contributed by atoms with Crippen molar-refractivity contribution in [2.45, 2.75) is 6.92 Å². The van der Waals surface area contributed by atoms with E-state index in [0.29, 0.717) is 12.1 Å². The molecule has 0 radical (unpaired) electrons. The summed E-state index contributed by atoms with van der Waals surface area (Å²) < 4.78 is 5.28. The fourth-order valence-electron chi connectivity index (χ4n) is 1.98. The molecule has 1 fully saturated rings. The molecule has 0 atom stereocenters. The third-order valence-electron chi connectivity index (χ3n) is 3.08. The number of carbonyl (C=O) groups excluding carboxylic acids is 1. The highest BCUT2D eigenvalue weighted by atomic mass is 16.5. The molecule has 1 saturated heterocycles. The lowest BCUT2D eigenvalue weighted by Crippen LogP contribution is -2.41. The Bertz CT molecular complexity index is 403. The molecule has 1 N–H and O–H groups in total. The van der Waals surface area contributed by atoms with Gasteiger partial charge in [0.1, 0.15) is 0 Å². The van der Waals surface area contributed by atoms with Crippen LogP contribution in [0.5, 0.6) is 0 Å². The molecule has 0 saturated carbocycles. The summed E-state index contributed by atoms with van der Waals surface area (Å²) >= 11 is 0. The lowest BCUT2D eigenvalue weighted by molar-refractivity contribution is 0.0383. The minimum atomic E-state index is -0.0249. The summed E-state index contributed by atoms with van der Waals surface area (Å²) in [5.74, 6) is -0.0249. The smallest absolute Gasteiger partial charge is 0.251 e. The number of rotatable bonds is 4. The van der Waals surface area contributed by atoms with Gasteiger partial charge in [0.25, 0.3) is 5.91 Å². The fraction of sp³-hybridized carbons (Fsp3) is 0.538. The van der Waals surface area contributed by atoms with Crippen molar-refractivity contribution in [3.05, 3.63) is 29.6 Å². The van der Waals surface area contributed by atoms with Crippen LogP contribution in [-0.4, -0.2) is 55.2 Å². The quantitative estimate of drug-likeness (QED) is 0.842. The molecule has 2 heterocycles. The predicted octanol–water partition coefficient (Wildman–Crippen LogP) is 0.452. The lowest BCUT2D eigenvalue weighted by atomic mass is 10.1. The first-order valence-corrected chi connectivity index (χ1v) is 6.26. The number of aryl methyl sites for hydroxylation is 1. The minimum Gasteiger partial charge on any atom is -0.379 e. The first-order valence-electron chi connectivity index (χ1n) is 6.26. The molecule has 0 aliphatic carbocycles. The van der Waals surface area contributed by atoms with Gasteiger partial charge in [0, 0.05) is 44.1 Å². The van der Waals surface area contributed by atoms with Gasteiger partial charge in [-0.1, -0.05) is 0 Å². The molecule has 0 unspecified atom stereocenters. The monoisotopic (exact) mass is 249 g/mol. The summed E-state index contributed by atoms with van der Waals surface area (Å²) in [6, 6.07) is 1.75. The van der Waals surface area contributed by atoms with E-state index in [1.54, 1.807) is 18.5 Å². The highest BCUT2D eigenvalue weighted by Crippen LogP contribution is 2.04. The van der Waals surface area contributed by atoms with E-state index in [-0.39, 0.29) is 5.91 Å². The number of pyridine rings is 1. The van der Waals surface area contributed by atoms with Gasteiger partial charge in [0.15, 0.2) is 0 Å². The van der Waals surface area contributed by atoms with E-state index in [1.807, 2.05) is 6.92 Å². The van der Waals surface area contributed by atoms with Crippen LogP contribution >= 0.6 is 0 Å². The summed E-state index contributed by atoms with van der Waals surface area (Å²) in [4.78, 5) is 18.2. The number of nitrogens with one attached hydrogen (secondary N) is 1. The van der Waals surface area contributed by atoms with Crippen LogP contribution in [0, 0.1) is 6.92 Å². The molecule has 2 rings (SSSR count). The Labute approximate surface area is 107 Å². The number of ether oxygens (including phenoxy) is 1. The normalized spacial score (nSPS) is 16.5. The third-order valence-corrected chi connectivity index (χ3v) is 3.08. The fourth-order valence-corrected chi connectivity index (χ4v) is 1.98. The Kier molecular flexibility index (Phi) is 4.66. The van der Waals surface area contributed by atoms with Gasteiger partial charge in [-0.3, -0.25) is 14.7 Å².